The van der Waals surface area contributed by atoms with Crippen molar-refractivity contribution in [1.82, 2.24) is 9.80 Å². The highest BCUT2D eigenvalue weighted by atomic mass is 16.5. The van der Waals surface area contributed by atoms with Gasteiger partial charge < -0.3 is 19.6 Å². The standard InChI is InChI=1S/C30H40N2O4/c1-20(2)19-36-24-15-11-22(12-16-24)27(33)25-26(21-9-13-23(14-10-21)30(3,4)5)32(29(35)28(25)34)18-8-17-31(6)7/h9-16,20,26,33H,8,17-19H2,1-7H3/b27-25+. The van der Waals surface area contributed by atoms with E-state index < -0.39 is 17.7 Å². The van der Waals surface area contributed by atoms with Gasteiger partial charge in [0.15, 0.2) is 0 Å². The molecule has 1 fully saturated rings. The molecule has 0 spiro atoms. The van der Waals surface area contributed by atoms with Crippen LogP contribution >= 0.6 is 0 Å². The lowest BCUT2D eigenvalue weighted by Gasteiger charge is -2.27. The predicted octanol–water partition coefficient (Wildman–Crippen LogP) is 5.39. The number of benzene rings is 2. The number of carbonyl (C=O) groups is 2. The Kier molecular flexibility index (Phi) is 8.62. The summed E-state index contributed by atoms with van der Waals surface area (Å²) in [5.74, 6) is -0.298. The van der Waals surface area contributed by atoms with Crippen molar-refractivity contribution >= 4 is 17.4 Å². The Morgan fingerprint density at radius 1 is 1.03 bits per heavy atom. The van der Waals surface area contributed by atoms with E-state index in [1.54, 1.807) is 29.2 Å². The molecule has 1 atom stereocenters. The van der Waals surface area contributed by atoms with Crippen LogP contribution in [0.25, 0.3) is 5.76 Å². The molecule has 6 heteroatoms. The number of nitrogens with zero attached hydrogens (tertiary/aromatic N) is 2. The number of ketones is 1. The Hall–Kier alpha value is -3.12. The quantitative estimate of drug-likeness (QED) is 0.289. The zero-order valence-corrected chi connectivity index (χ0v) is 22.7. The summed E-state index contributed by atoms with van der Waals surface area (Å²) in [6, 6.07) is 14.4. The Morgan fingerprint density at radius 2 is 1.64 bits per heavy atom. The highest BCUT2D eigenvalue weighted by Gasteiger charge is 2.45. The molecule has 1 N–H and O–H groups in total. The van der Waals surface area contributed by atoms with Crippen LogP contribution in [0.5, 0.6) is 5.75 Å². The van der Waals surface area contributed by atoms with Crippen molar-refractivity contribution < 1.29 is 19.4 Å². The van der Waals surface area contributed by atoms with Gasteiger partial charge in [-0.05, 0) is 73.8 Å². The smallest absolute Gasteiger partial charge is 0.295 e. The molecule has 1 heterocycles. The summed E-state index contributed by atoms with van der Waals surface area (Å²) >= 11 is 0. The number of hydrogen-bond donors (Lipinski definition) is 1. The van der Waals surface area contributed by atoms with Crippen LogP contribution in [0.4, 0.5) is 0 Å². The van der Waals surface area contributed by atoms with Crippen LogP contribution in [0.15, 0.2) is 54.1 Å². The molecule has 1 unspecified atom stereocenters. The summed E-state index contributed by atoms with van der Waals surface area (Å²) in [4.78, 5) is 30.0. The van der Waals surface area contributed by atoms with E-state index in [9.17, 15) is 14.7 Å². The molecule has 36 heavy (non-hydrogen) atoms. The average molecular weight is 493 g/mol. The summed E-state index contributed by atoms with van der Waals surface area (Å²) in [5, 5.41) is 11.3. The van der Waals surface area contributed by atoms with Crippen LogP contribution < -0.4 is 4.74 Å². The molecule has 0 bridgehead atoms. The van der Waals surface area contributed by atoms with Crippen LogP contribution in [0.3, 0.4) is 0 Å². The molecule has 1 aliphatic heterocycles. The van der Waals surface area contributed by atoms with Crippen LogP contribution in [-0.4, -0.2) is 60.4 Å². The third kappa shape index (κ3) is 6.35. The molecule has 6 nitrogen and oxygen atoms in total. The molecular weight excluding hydrogens is 452 g/mol. The zero-order valence-electron chi connectivity index (χ0n) is 22.7. The monoisotopic (exact) mass is 492 g/mol. The maximum absolute atomic E-state index is 13.2. The zero-order chi connectivity index (χ0) is 26.6. The highest BCUT2D eigenvalue weighted by molar-refractivity contribution is 6.46. The van der Waals surface area contributed by atoms with Crippen molar-refractivity contribution in [3.63, 3.8) is 0 Å². The molecule has 0 saturated carbocycles. The number of amides is 1. The van der Waals surface area contributed by atoms with Crippen LogP contribution in [0.2, 0.25) is 0 Å². The van der Waals surface area contributed by atoms with E-state index in [1.165, 1.54) is 0 Å². The molecule has 1 amide bonds. The minimum Gasteiger partial charge on any atom is -0.507 e. The van der Waals surface area contributed by atoms with Gasteiger partial charge in [0.05, 0.1) is 18.2 Å². The van der Waals surface area contributed by atoms with Crippen molar-refractivity contribution in [3.8, 4) is 5.75 Å². The first-order valence-electron chi connectivity index (χ1n) is 12.7. The predicted molar refractivity (Wildman–Crippen MR) is 144 cm³/mol. The van der Waals surface area contributed by atoms with Gasteiger partial charge in [-0.2, -0.15) is 0 Å². The number of aliphatic hydroxyl groups is 1. The molecule has 0 aliphatic carbocycles. The second-order valence-electron chi connectivity index (χ2n) is 11.3. The first kappa shape index (κ1) is 27.5. The first-order chi connectivity index (χ1) is 16.9. The molecule has 0 aromatic heterocycles. The highest BCUT2D eigenvalue weighted by Crippen LogP contribution is 2.40. The lowest BCUT2D eigenvalue weighted by Crippen LogP contribution is -2.32. The molecule has 3 rings (SSSR count). The number of rotatable bonds is 9. The van der Waals surface area contributed by atoms with E-state index in [0.29, 0.717) is 30.4 Å². The van der Waals surface area contributed by atoms with Crippen LogP contribution in [0.1, 0.15) is 63.8 Å². The van der Waals surface area contributed by atoms with Gasteiger partial charge in [0.1, 0.15) is 11.5 Å². The van der Waals surface area contributed by atoms with Crippen LogP contribution in [0, 0.1) is 5.92 Å². The molecule has 1 aliphatic rings. The van der Waals surface area contributed by atoms with E-state index in [4.69, 9.17) is 4.74 Å². The number of ether oxygens (including phenoxy) is 1. The normalized spacial score (nSPS) is 17.9. The third-order valence-electron chi connectivity index (χ3n) is 6.35. The second-order valence-corrected chi connectivity index (χ2v) is 11.3. The van der Waals surface area contributed by atoms with Crippen molar-refractivity contribution in [1.29, 1.82) is 0 Å². The number of likely N-dealkylation sites (tertiary alicyclic amines) is 1. The van der Waals surface area contributed by atoms with Gasteiger partial charge in [0, 0.05) is 12.1 Å². The Balaban J connectivity index is 2.02. The van der Waals surface area contributed by atoms with Crippen molar-refractivity contribution in [3.05, 3.63) is 70.8 Å². The molecule has 2 aromatic rings. The Bertz CT molecular complexity index is 1090. The van der Waals surface area contributed by atoms with Gasteiger partial charge in [-0.3, -0.25) is 9.59 Å². The number of carbonyl (C=O) groups excluding carboxylic acids is 2. The Morgan fingerprint density at radius 3 is 2.17 bits per heavy atom. The summed E-state index contributed by atoms with van der Waals surface area (Å²) < 4.78 is 5.74. The molecule has 1 saturated heterocycles. The fraction of sp³-hybridized carbons (Fsp3) is 0.467. The van der Waals surface area contributed by atoms with Gasteiger partial charge in [-0.15, -0.1) is 0 Å². The number of Topliss-reactive ketones (excluding diaryl/α,β-unsaturated/α-hetero) is 1. The number of hydrogen-bond acceptors (Lipinski definition) is 5. The van der Waals surface area contributed by atoms with E-state index in [0.717, 1.165) is 24.1 Å². The minimum atomic E-state index is -0.651. The molecule has 194 valence electrons. The van der Waals surface area contributed by atoms with E-state index in [-0.39, 0.29) is 16.7 Å². The number of aliphatic hydroxyl groups excluding tert-OH is 1. The Labute approximate surface area is 215 Å². The minimum absolute atomic E-state index is 0.0224. The first-order valence-corrected chi connectivity index (χ1v) is 12.7. The fourth-order valence-electron chi connectivity index (χ4n) is 4.31. The summed E-state index contributed by atoms with van der Waals surface area (Å²) in [5.41, 5.74) is 2.56. The molecule has 2 aromatic carbocycles. The maximum atomic E-state index is 13.2. The summed E-state index contributed by atoms with van der Waals surface area (Å²) in [6.45, 7) is 12.4. The fourth-order valence-corrected chi connectivity index (χ4v) is 4.31. The SMILES string of the molecule is CC(C)COc1ccc(/C(O)=C2\C(=O)C(=O)N(CCCN(C)C)C2c2ccc(C(C)(C)C)cc2)cc1. The van der Waals surface area contributed by atoms with Gasteiger partial charge >= 0.3 is 0 Å². The van der Waals surface area contributed by atoms with Crippen molar-refractivity contribution in [2.45, 2.75) is 52.5 Å². The van der Waals surface area contributed by atoms with Crippen molar-refractivity contribution in [2.75, 3.05) is 33.8 Å². The van der Waals surface area contributed by atoms with E-state index in [1.807, 2.05) is 43.3 Å². The largest absolute Gasteiger partial charge is 0.507 e. The van der Waals surface area contributed by atoms with Crippen molar-refractivity contribution in [2.24, 2.45) is 5.92 Å². The van der Waals surface area contributed by atoms with E-state index >= 15 is 0 Å². The van der Waals surface area contributed by atoms with Gasteiger partial charge in [-0.1, -0.05) is 58.9 Å². The van der Waals surface area contributed by atoms with Gasteiger partial charge in [0.2, 0.25) is 0 Å². The second kappa shape index (κ2) is 11.3. The van der Waals surface area contributed by atoms with Gasteiger partial charge in [-0.25, -0.2) is 0 Å². The lowest BCUT2D eigenvalue weighted by atomic mass is 9.85. The van der Waals surface area contributed by atoms with Gasteiger partial charge in [0.25, 0.3) is 11.7 Å². The molecular formula is C30H40N2O4. The molecule has 0 radical (unpaired) electrons. The topological polar surface area (TPSA) is 70.1 Å². The lowest BCUT2D eigenvalue weighted by molar-refractivity contribution is -0.139. The summed E-state index contributed by atoms with van der Waals surface area (Å²) in [7, 11) is 3.96. The average Bonchev–Trinajstić information content (AvgIpc) is 3.07. The third-order valence-corrected chi connectivity index (χ3v) is 6.35. The van der Waals surface area contributed by atoms with Crippen LogP contribution in [-0.2, 0) is 15.0 Å². The maximum Gasteiger partial charge on any atom is 0.295 e. The summed E-state index contributed by atoms with van der Waals surface area (Å²) in [6.07, 6.45) is 0.721. The van der Waals surface area contributed by atoms with E-state index in [2.05, 4.69) is 34.6 Å².